The largest absolute Gasteiger partial charge is 0.573 e. The second kappa shape index (κ2) is 8.57. The quantitative estimate of drug-likeness (QED) is 0.742. The van der Waals surface area contributed by atoms with Crippen LogP contribution in [0, 0.1) is 0 Å². The van der Waals surface area contributed by atoms with Gasteiger partial charge < -0.3 is 20.1 Å². The van der Waals surface area contributed by atoms with E-state index in [0.717, 1.165) is 19.4 Å². The van der Waals surface area contributed by atoms with Gasteiger partial charge in [0.15, 0.2) is 5.13 Å². The average Bonchev–Trinajstić information content (AvgIpc) is 3.25. The molecule has 2 N–H and O–H groups in total. The van der Waals surface area contributed by atoms with Gasteiger partial charge in [0.2, 0.25) is 5.91 Å². The lowest BCUT2D eigenvalue weighted by atomic mass is 10.2. The summed E-state index contributed by atoms with van der Waals surface area (Å²) in [6.07, 6.45) is -2.50. The Bertz CT molecular complexity index is 759. The summed E-state index contributed by atoms with van der Waals surface area (Å²) in [5.41, 5.74) is 1.18. The third-order valence-corrected chi connectivity index (χ3v) is 4.59. The van der Waals surface area contributed by atoms with Crippen LogP contribution in [0.25, 0.3) is 0 Å². The van der Waals surface area contributed by atoms with Crippen molar-refractivity contribution in [3.63, 3.8) is 0 Å². The van der Waals surface area contributed by atoms with Crippen molar-refractivity contribution < 1.29 is 27.4 Å². The summed E-state index contributed by atoms with van der Waals surface area (Å²) in [5.74, 6) is -0.424. The number of benzene rings is 1. The Morgan fingerprint density at radius 3 is 2.78 bits per heavy atom. The Morgan fingerprint density at radius 1 is 1.33 bits per heavy atom. The molecule has 0 aliphatic carbocycles. The van der Waals surface area contributed by atoms with E-state index in [9.17, 15) is 18.0 Å². The van der Waals surface area contributed by atoms with E-state index in [4.69, 9.17) is 4.74 Å². The van der Waals surface area contributed by atoms with E-state index >= 15 is 0 Å². The summed E-state index contributed by atoms with van der Waals surface area (Å²) in [6.45, 7) is 1.24. The number of rotatable bonds is 7. The topological polar surface area (TPSA) is 72.5 Å². The number of nitrogens with zero attached hydrogens (tertiary/aromatic N) is 1. The fraction of sp³-hybridized carbons (Fsp3) is 0.412. The van der Waals surface area contributed by atoms with Crippen molar-refractivity contribution in [1.82, 2.24) is 10.3 Å². The number of alkyl halides is 3. The molecule has 1 aromatic carbocycles. The lowest BCUT2D eigenvalue weighted by Crippen LogP contribution is -2.32. The van der Waals surface area contributed by atoms with Crippen LogP contribution >= 0.6 is 11.3 Å². The summed E-state index contributed by atoms with van der Waals surface area (Å²) in [6, 6.07) is 5.33. The van der Waals surface area contributed by atoms with Crippen LogP contribution in [-0.4, -0.2) is 36.5 Å². The van der Waals surface area contributed by atoms with Gasteiger partial charge in [-0.25, -0.2) is 4.98 Å². The number of hydrogen-bond donors (Lipinski definition) is 2. The summed E-state index contributed by atoms with van der Waals surface area (Å²) in [4.78, 5) is 16.3. The molecule has 0 saturated carbocycles. The smallest absolute Gasteiger partial charge is 0.406 e. The molecule has 10 heteroatoms. The highest BCUT2D eigenvalue weighted by atomic mass is 32.1. The number of aromatic nitrogens is 1. The predicted molar refractivity (Wildman–Crippen MR) is 94.2 cm³/mol. The summed E-state index contributed by atoms with van der Waals surface area (Å²) < 4.78 is 45.7. The van der Waals surface area contributed by atoms with E-state index in [2.05, 4.69) is 20.4 Å². The fourth-order valence-corrected chi connectivity index (χ4v) is 3.30. The number of carbonyl (C=O) groups excluding carboxylic acids is 1. The van der Waals surface area contributed by atoms with Crippen LogP contribution in [0.15, 0.2) is 29.6 Å². The van der Waals surface area contributed by atoms with Crippen LogP contribution < -0.4 is 15.4 Å². The molecular formula is C17H18F3N3O3S. The maximum atomic E-state index is 12.2. The summed E-state index contributed by atoms with van der Waals surface area (Å²) in [7, 11) is 0. The molecule has 0 radical (unpaired) electrons. The lowest BCUT2D eigenvalue weighted by molar-refractivity contribution is -0.274. The molecule has 146 valence electrons. The van der Waals surface area contributed by atoms with Crippen molar-refractivity contribution in [2.75, 3.05) is 18.5 Å². The molecule has 1 atom stereocenters. The van der Waals surface area contributed by atoms with Gasteiger partial charge in [-0.05, 0) is 37.1 Å². The maximum absolute atomic E-state index is 12.2. The first-order chi connectivity index (χ1) is 12.9. The molecule has 3 rings (SSSR count). The Kier molecular flexibility index (Phi) is 6.17. The SMILES string of the molecule is O=C(Cc1csc(Nc2ccc(OC(F)(F)F)cc2)n1)NC[C@@H]1CCCO1. The zero-order valence-electron chi connectivity index (χ0n) is 14.2. The van der Waals surface area contributed by atoms with Gasteiger partial charge in [0.25, 0.3) is 0 Å². The molecule has 1 aliphatic rings. The molecule has 6 nitrogen and oxygen atoms in total. The molecule has 1 amide bonds. The van der Waals surface area contributed by atoms with Gasteiger partial charge in [0, 0.05) is 24.2 Å². The van der Waals surface area contributed by atoms with Crippen LogP contribution in [0.4, 0.5) is 24.0 Å². The minimum atomic E-state index is -4.72. The van der Waals surface area contributed by atoms with Crippen molar-refractivity contribution in [2.45, 2.75) is 31.7 Å². The van der Waals surface area contributed by atoms with Crippen LogP contribution in [-0.2, 0) is 16.0 Å². The summed E-state index contributed by atoms with van der Waals surface area (Å²) in [5, 5.41) is 8.12. The van der Waals surface area contributed by atoms with Crippen LogP contribution in [0.5, 0.6) is 5.75 Å². The predicted octanol–water partition coefficient (Wildman–Crippen LogP) is 3.62. The monoisotopic (exact) mass is 401 g/mol. The van der Waals surface area contributed by atoms with Crippen molar-refractivity contribution in [3.8, 4) is 5.75 Å². The van der Waals surface area contributed by atoms with E-state index in [1.165, 1.54) is 35.6 Å². The molecule has 1 saturated heterocycles. The highest BCUT2D eigenvalue weighted by molar-refractivity contribution is 7.13. The molecular weight excluding hydrogens is 383 g/mol. The van der Waals surface area contributed by atoms with Gasteiger partial charge in [0.05, 0.1) is 18.2 Å². The Morgan fingerprint density at radius 2 is 2.11 bits per heavy atom. The Hall–Kier alpha value is -2.33. The number of hydrogen-bond acceptors (Lipinski definition) is 6. The third-order valence-electron chi connectivity index (χ3n) is 3.78. The molecule has 0 bridgehead atoms. The third kappa shape index (κ3) is 6.40. The maximum Gasteiger partial charge on any atom is 0.573 e. The Balaban J connectivity index is 1.47. The fourth-order valence-electron chi connectivity index (χ4n) is 2.57. The second-order valence-corrected chi connectivity index (χ2v) is 6.82. The van der Waals surface area contributed by atoms with Crippen LogP contribution in [0.3, 0.4) is 0 Å². The lowest BCUT2D eigenvalue weighted by Gasteiger charge is -2.10. The molecule has 1 aromatic heterocycles. The number of carbonyl (C=O) groups is 1. The molecule has 2 heterocycles. The highest BCUT2D eigenvalue weighted by Crippen LogP contribution is 2.26. The number of halogens is 3. The van der Waals surface area contributed by atoms with Crippen LogP contribution in [0.1, 0.15) is 18.5 Å². The first-order valence-electron chi connectivity index (χ1n) is 8.33. The van der Waals surface area contributed by atoms with Gasteiger partial charge in [-0.15, -0.1) is 24.5 Å². The highest BCUT2D eigenvalue weighted by Gasteiger charge is 2.30. The number of thiazole rings is 1. The van der Waals surface area contributed by atoms with E-state index in [-0.39, 0.29) is 24.2 Å². The number of ether oxygens (including phenoxy) is 2. The zero-order chi connectivity index (χ0) is 19.3. The minimum absolute atomic E-state index is 0.0888. The van der Waals surface area contributed by atoms with Crippen LogP contribution in [0.2, 0.25) is 0 Å². The van der Waals surface area contributed by atoms with Crippen molar-refractivity contribution >= 4 is 28.1 Å². The number of anilines is 2. The standard InChI is InChI=1S/C17H18F3N3O3S/c18-17(19,20)26-13-5-3-11(4-6-13)22-16-23-12(10-27-16)8-15(24)21-9-14-2-1-7-25-14/h3-6,10,14H,1-2,7-9H2,(H,21,24)(H,22,23)/t14-/m0/s1. The Labute approximate surface area is 157 Å². The molecule has 27 heavy (non-hydrogen) atoms. The van der Waals surface area contributed by atoms with Gasteiger partial charge in [0.1, 0.15) is 5.75 Å². The molecule has 0 spiro atoms. The van der Waals surface area contributed by atoms with Crippen molar-refractivity contribution in [1.29, 1.82) is 0 Å². The molecule has 1 aliphatic heterocycles. The second-order valence-electron chi connectivity index (χ2n) is 5.96. The average molecular weight is 401 g/mol. The van der Waals surface area contributed by atoms with E-state index in [0.29, 0.717) is 23.1 Å². The minimum Gasteiger partial charge on any atom is -0.406 e. The van der Waals surface area contributed by atoms with Crippen molar-refractivity contribution in [3.05, 3.63) is 35.3 Å². The normalized spacial score (nSPS) is 16.9. The van der Waals surface area contributed by atoms with E-state index in [1.54, 1.807) is 5.38 Å². The first kappa shape index (κ1) is 19.4. The van der Waals surface area contributed by atoms with Gasteiger partial charge in [-0.1, -0.05) is 0 Å². The first-order valence-corrected chi connectivity index (χ1v) is 9.21. The number of amides is 1. The molecule has 1 fully saturated rings. The van der Waals surface area contributed by atoms with E-state index in [1.807, 2.05) is 0 Å². The van der Waals surface area contributed by atoms with E-state index < -0.39 is 6.36 Å². The van der Waals surface area contributed by atoms with Gasteiger partial charge >= 0.3 is 6.36 Å². The van der Waals surface area contributed by atoms with Crippen molar-refractivity contribution in [2.24, 2.45) is 0 Å². The number of nitrogens with one attached hydrogen (secondary N) is 2. The summed E-state index contributed by atoms with van der Waals surface area (Å²) >= 11 is 1.31. The zero-order valence-corrected chi connectivity index (χ0v) is 15.0. The van der Waals surface area contributed by atoms with Gasteiger partial charge in [-0.2, -0.15) is 0 Å². The molecule has 2 aromatic rings. The van der Waals surface area contributed by atoms with Gasteiger partial charge in [-0.3, -0.25) is 4.79 Å². The molecule has 0 unspecified atom stereocenters.